The van der Waals surface area contributed by atoms with Gasteiger partial charge < -0.3 is 38.9 Å². The number of carbonyl (C=O) groups excluding carboxylic acids is 4. The van der Waals surface area contributed by atoms with Crippen molar-refractivity contribution in [2.45, 2.75) is 98.3 Å². The first-order valence-corrected chi connectivity index (χ1v) is 14.1. The molecule has 0 heterocycles. The summed E-state index contributed by atoms with van der Waals surface area (Å²) in [6.45, 7) is 11.5. The van der Waals surface area contributed by atoms with Crippen molar-refractivity contribution in [3.8, 4) is 11.5 Å². The number of unbranched alkanes of at least 4 members (excludes halogenated alkanes) is 2. The van der Waals surface area contributed by atoms with E-state index in [1.165, 1.54) is 12.1 Å². The summed E-state index contributed by atoms with van der Waals surface area (Å²) in [7, 11) is 0. The quantitative estimate of drug-likeness (QED) is 0.103. The van der Waals surface area contributed by atoms with Crippen LogP contribution in [0, 0.1) is 5.92 Å². The van der Waals surface area contributed by atoms with Crippen LogP contribution in [0.1, 0.15) is 79.2 Å². The largest absolute Gasteiger partial charge is 0.513 e. The van der Waals surface area contributed by atoms with E-state index in [0.717, 1.165) is 19.3 Å². The van der Waals surface area contributed by atoms with Crippen LogP contribution in [0.15, 0.2) is 18.2 Å². The van der Waals surface area contributed by atoms with Crippen molar-refractivity contribution in [3.63, 3.8) is 0 Å². The van der Waals surface area contributed by atoms with Crippen molar-refractivity contribution in [1.82, 2.24) is 0 Å². The smallest absolute Gasteiger partial charge is 0.458 e. The Balaban J connectivity index is 2.83. The van der Waals surface area contributed by atoms with Gasteiger partial charge in [-0.25, -0.2) is 14.4 Å². The van der Waals surface area contributed by atoms with E-state index in [2.05, 4.69) is 0 Å². The first-order valence-electron chi connectivity index (χ1n) is 14.1. The number of hydrogen-bond acceptors (Lipinski definition) is 12. The molecule has 1 rings (SSSR count). The predicted molar refractivity (Wildman–Crippen MR) is 149 cm³/mol. The Kier molecular flexibility index (Phi) is 16.9. The van der Waals surface area contributed by atoms with Crippen molar-refractivity contribution in [1.29, 1.82) is 0 Å². The zero-order chi connectivity index (χ0) is 30.8. The molecule has 0 radical (unpaired) electrons. The van der Waals surface area contributed by atoms with Crippen molar-refractivity contribution in [2.24, 2.45) is 11.7 Å². The van der Waals surface area contributed by atoms with Gasteiger partial charge in [-0.2, -0.15) is 0 Å². The molecule has 41 heavy (non-hydrogen) atoms. The molecule has 232 valence electrons. The van der Waals surface area contributed by atoms with Gasteiger partial charge in [0.15, 0.2) is 11.5 Å². The number of hydrogen-bond donors (Lipinski definition) is 1. The molecular weight excluding hydrogens is 538 g/mol. The second kappa shape index (κ2) is 19.5. The number of rotatable bonds is 17. The molecule has 1 unspecified atom stereocenters. The van der Waals surface area contributed by atoms with E-state index in [0.29, 0.717) is 18.4 Å². The Labute approximate surface area is 242 Å². The van der Waals surface area contributed by atoms with Gasteiger partial charge in [-0.1, -0.05) is 53.0 Å². The van der Waals surface area contributed by atoms with Gasteiger partial charge in [0, 0.05) is 0 Å². The van der Waals surface area contributed by atoms with Crippen LogP contribution in [0.4, 0.5) is 14.4 Å². The van der Waals surface area contributed by atoms with Crippen molar-refractivity contribution < 1.29 is 52.3 Å². The van der Waals surface area contributed by atoms with Crippen molar-refractivity contribution in [2.75, 3.05) is 19.8 Å². The SMILES string of the molecule is CCCCOC(=O)Oc1ccc(C[C@H](N)C(=O)O[C@@H](C)[C@H](C)OC(=O)OCC(C)CC)cc1OC(=O)OCCCC. The van der Waals surface area contributed by atoms with E-state index in [4.69, 9.17) is 38.9 Å². The maximum Gasteiger partial charge on any atom is 0.513 e. The third kappa shape index (κ3) is 14.6. The normalized spacial score (nSPS) is 13.6. The van der Waals surface area contributed by atoms with Crippen LogP contribution in [-0.4, -0.2) is 62.5 Å². The van der Waals surface area contributed by atoms with E-state index >= 15 is 0 Å². The Morgan fingerprint density at radius 3 is 1.88 bits per heavy atom. The fraction of sp³-hybridized carbons (Fsp3) is 0.655. The van der Waals surface area contributed by atoms with E-state index in [9.17, 15) is 19.2 Å². The molecule has 12 heteroatoms. The second-order valence-corrected chi connectivity index (χ2v) is 9.74. The Hall–Kier alpha value is -3.54. The lowest BCUT2D eigenvalue weighted by molar-refractivity contribution is -0.155. The van der Waals surface area contributed by atoms with Gasteiger partial charge in [0.1, 0.15) is 18.2 Å². The average Bonchev–Trinajstić information content (AvgIpc) is 2.93. The fourth-order valence-corrected chi connectivity index (χ4v) is 3.00. The lowest BCUT2D eigenvalue weighted by atomic mass is 10.1. The molecule has 0 spiro atoms. The monoisotopic (exact) mass is 583 g/mol. The summed E-state index contributed by atoms with van der Waals surface area (Å²) in [4.78, 5) is 48.8. The maximum atomic E-state index is 12.6. The van der Waals surface area contributed by atoms with Crippen LogP contribution < -0.4 is 15.2 Å². The molecule has 0 aromatic heterocycles. The predicted octanol–water partition coefficient (Wildman–Crippen LogP) is 5.71. The molecule has 1 aromatic rings. The van der Waals surface area contributed by atoms with Gasteiger partial charge in [-0.3, -0.25) is 4.79 Å². The summed E-state index contributed by atoms with van der Waals surface area (Å²) < 4.78 is 36.1. The number of benzene rings is 1. The highest BCUT2D eigenvalue weighted by Gasteiger charge is 2.25. The fourth-order valence-electron chi connectivity index (χ4n) is 3.00. The minimum Gasteiger partial charge on any atom is -0.458 e. The molecule has 0 saturated carbocycles. The summed E-state index contributed by atoms with van der Waals surface area (Å²) in [5.41, 5.74) is 6.56. The van der Waals surface area contributed by atoms with Gasteiger partial charge in [0.05, 0.1) is 19.8 Å². The molecule has 0 aliphatic carbocycles. The molecular formula is C29H45NO11. The molecule has 4 atom stereocenters. The number of ether oxygens (including phenoxy) is 7. The highest BCUT2D eigenvalue weighted by molar-refractivity contribution is 5.76. The summed E-state index contributed by atoms with van der Waals surface area (Å²) in [6, 6.07) is 3.26. The van der Waals surface area contributed by atoms with E-state index in [-0.39, 0.29) is 43.7 Å². The van der Waals surface area contributed by atoms with Gasteiger partial charge in [0.25, 0.3) is 0 Å². The summed E-state index contributed by atoms with van der Waals surface area (Å²) in [6.07, 6.45) is -0.521. The van der Waals surface area contributed by atoms with Crippen molar-refractivity contribution >= 4 is 24.4 Å². The molecule has 0 saturated heterocycles. The van der Waals surface area contributed by atoms with Crippen LogP contribution >= 0.6 is 0 Å². The Bertz CT molecular complexity index is 968. The van der Waals surface area contributed by atoms with Crippen LogP contribution in [0.3, 0.4) is 0 Å². The van der Waals surface area contributed by atoms with Gasteiger partial charge >= 0.3 is 24.4 Å². The molecule has 12 nitrogen and oxygen atoms in total. The summed E-state index contributed by atoms with van der Waals surface area (Å²) >= 11 is 0. The average molecular weight is 584 g/mol. The minimum absolute atomic E-state index is 0.000206. The highest BCUT2D eigenvalue weighted by Crippen LogP contribution is 2.30. The highest BCUT2D eigenvalue weighted by atomic mass is 16.7. The van der Waals surface area contributed by atoms with E-state index < -0.39 is 42.7 Å². The lowest BCUT2D eigenvalue weighted by Crippen LogP contribution is -2.39. The molecule has 1 aromatic carbocycles. The lowest BCUT2D eigenvalue weighted by Gasteiger charge is -2.22. The third-order valence-electron chi connectivity index (χ3n) is 6.02. The number of carbonyl (C=O) groups is 4. The van der Waals surface area contributed by atoms with Crippen LogP contribution in [0.5, 0.6) is 11.5 Å². The first kappa shape index (κ1) is 35.5. The van der Waals surface area contributed by atoms with Crippen LogP contribution in [0.2, 0.25) is 0 Å². The molecule has 0 aliphatic rings. The van der Waals surface area contributed by atoms with Crippen LogP contribution in [-0.2, 0) is 34.9 Å². The Morgan fingerprint density at radius 2 is 1.32 bits per heavy atom. The van der Waals surface area contributed by atoms with Gasteiger partial charge in [0.2, 0.25) is 0 Å². The van der Waals surface area contributed by atoms with Gasteiger partial charge in [-0.15, -0.1) is 0 Å². The third-order valence-corrected chi connectivity index (χ3v) is 6.02. The van der Waals surface area contributed by atoms with Crippen LogP contribution in [0.25, 0.3) is 0 Å². The van der Waals surface area contributed by atoms with E-state index in [1.807, 2.05) is 27.7 Å². The number of nitrogens with two attached hydrogens (primary N) is 1. The van der Waals surface area contributed by atoms with Crippen molar-refractivity contribution in [3.05, 3.63) is 23.8 Å². The zero-order valence-corrected chi connectivity index (χ0v) is 25.0. The van der Waals surface area contributed by atoms with E-state index in [1.54, 1.807) is 19.9 Å². The first-order chi connectivity index (χ1) is 19.5. The Morgan fingerprint density at radius 1 is 0.756 bits per heavy atom. The summed E-state index contributed by atoms with van der Waals surface area (Å²) in [5, 5.41) is 0. The minimum atomic E-state index is -1.10. The molecule has 0 bridgehead atoms. The molecule has 0 aliphatic heterocycles. The number of esters is 1. The zero-order valence-electron chi connectivity index (χ0n) is 25.0. The topological polar surface area (TPSA) is 159 Å². The van der Waals surface area contributed by atoms with Gasteiger partial charge in [-0.05, 0) is 56.7 Å². The second-order valence-electron chi connectivity index (χ2n) is 9.74. The summed E-state index contributed by atoms with van der Waals surface area (Å²) in [5.74, 6) is -0.715. The standard InChI is InChI=1S/C29H45NO11/c1-7-10-14-35-27(32)40-24-13-12-22(17-25(24)41-28(33)36-15-11-8-2)16-23(30)26(31)38-20(5)21(6)39-29(34)37-18-19(4)9-3/h12-13,17,19-21,23H,7-11,14-16,18,30H2,1-6H3/t19?,20-,21-,23-/m0/s1. The maximum absolute atomic E-state index is 12.6. The molecule has 2 N–H and O–H groups in total. The molecule has 0 amide bonds. The molecule has 0 fully saturated rings.